The average Bonchev–Trinajstić information content (AvgIpc) is 3.01. The monoisotopic (exact) mass is 338 g/mol. The zero-order valence-corrected chi connectivity index (χ0v) is 15.1. The van der Waals surface area contributed by atoms with Crippen LogP contribution in [0, 0.1) is 17.3 Å². The molecular formula is C22H26O3. The number of rotatable bonds is 1. The van der Waals surface area contributed by atoms with Crippen molar-refractivity contribution in [1.29, 1.82) is 0 Å². The Morgan fingerprint density at radius 1 is 0.920 bits per heavy atom. The van der Waals surface area contributed by atoms with Crippen molar-refractivity contribution in [1.82, 2.24) is 0 Å². The normalized spacial score (nSPS) is 28.1. The molecule has 1 aliphatic heterocycles. The second-order valence-corrected chi connectivity index (χ2v) is 8.66. The summed E-state index contributed by atoms with van der Waals surface area (Å²) in [5, 5.41) is 19.6. The first-order valence-corrected chi connectivity index (χ1v) is 9.11. The van der Waals surface area contributed by atoms with Gasteiger partial charge >= 0.3 is 0 Å². The SMILES string of the molecule is CC(C)(C)C1CC2C(c3ccc(O)cc3)Oc3ccc(O)cc3[C@@H]2C1. The van der Waals surface area contributed by atoms with Crippen molar-refractivity contribution in [3.63, 3.8) is 0 Å². The third-order valence-electron chi connectivity index (χ3n) is 6.09. The second-order valence-electron chi connectivity index (χ2n) is 8.66. The minimum atomic E-state index is -0.00464. The van der Waals surface area contributed by atoms with E-state index < -0.39 is 0 Å². The molecule has 4 atom stereocenters. The van der Waals surface area contributed by atoms with Crippen molar-refractivity contribution in [2.45, 2.75) is 45.6 Å². The summed E-state index contributed by atoms with van der Waals surface area (Å²) in [5.41, 5.74) is 2.52. The van der Waals surface area contributed by atoms with Crippen molar-refractivity contribution in [3.05, 3.63) is 53.6 Å². The third-order valence-corrected chi connectivity index (χ3v) is 6.09. The standard InChI is InChI=1S/C22H26O3/c1-22(2,3)14-10-17-18-12-16(24)8-9-20(18)25-21(19(17)11-14)13-4-6-15(23)7-5-13/h4-9,12,14,17,19,21,23-24H,10-11H2,1-3H3/t14?,17-,19?,21?/m0/s1. The molecule has 0 amide bonds. The molecule has 1 fully saturated rings. The Bertz CT molecular complexity index is 773. The van der Waals surface area contributed by atoms with Gasteiger partial charge in [0.25, 0.3) is 0 Å². The largest absolute Gasteiger partial charge is 0.508 e. The van der Waals surface area contributed by atoms with E-state index in [9.17, 15) is 10.2 Å². The Kier molecular flexibility index (Phi) is 3.71. The Hall–Kier alpha value is -2.16. The molecule has 1 aliphatic carbocycles. The van der Waals surface area contributed by atoms with Crippen LogP contribution in [0.3, 0.4) is 0 Å². The highest BCUT2D eigenvalue weighted by Crippen LogP contribution is 2.59. The highest BCUT2D eigenvalue weighted by atomic mass is 16.5. The first kappa shape index (κ1) is 16.3. The minimum Gasteiger partial charge on any atom is -0.508 e. The first-order valence-electron chi connectivity index (χ1n) is 9.11. The summed E-state index contributed by atoms with van der Waals surface area (Å²) in [7, 11) is 0. The van der Waals surface area contributed by atoms with Crippen LogP contribution in [0.25, 0.3) is 0 Å². The van der Waals surface area contributed by atoms with E-state index in [1.165, 1.54) is 0 Å². The van der Waals surface area contributed by atoms with Crippen molar-refractivity contribution in [2.75, 3.05) is 0 Å². The molecular weight excluding hydrogens is 312 g/mol. The lowest BCUT2D eigenvalue weighted by atomic mass is 9.79. The van der Waals surface area contributed by atoms with Crippen molar-refractivity contribution in [2.24, 2.45) is 17.3 Å². The molecule has 2 aromatic rings. The highest BCUT2D eigenvalue weighted by Gasteiger charge is 2.48. The lowest BCUT2D eigenvalue weighted by Gasteiger charge is -2.36. The summed E-state index contributed by atoms with van der Waals surface area (Å²) < 4.78 is 6.40. The summed E-state index contributed by atoms with van der Waals surface area (Å²) in [4.78, 5) is 0. The number of phenols is 2. The molecule has 3 unspecified atom stereocenters. The molecule has 0 aromatic heterocycles. The molecule has 3 heteroatoms. The van der Waals surface area contributed by atoms with Crippen LogP contribution in [0.15, 0.2) is 42.5 Å². The molecule has 25 heavy (non-hydrogen) atoms. The van der Waals surface area contributed by atoms with Gasteiger partial charge in [-0.25, -0.2) is 0 Å². The van der Waals surface area contributed by atoms with E-state index in [2.05, 4.69) is 20.8 Å². The molecule has 1 heterocycles. The van der Waals surface area contributed by atoms with Gasteiger partial charge in [-0.05, 0) is 66.0 Å². The summed E-state index contributed by atoms with van der Waals surface area (Å²) in [6, 6.07) is 12.9. The van der Waals surface area contributed by atoms with E-state index in [1.807, 2.05) is 24.3 Å². The van der Waals surface area contributed by atoms with Gasteiger partial charge in [0, 0.05) is 11.5 Å². The number of hydrogen-bond donors (Lipinski definition) is 2. The van der Waals surface area contributed by atoms with Gasteiger partial charge in [0.1, 0.15) is 23.4 Å². The summed E-state index contributed by atoms with van der Waals surface area (Å²) in [6.07, 6.45) is 2.24. The third kappa shape index (κ3) is 2.86. The zero-order chi connectivity index (χ0) is 17.8. The van der Waals surface area contributed by atoms with E-state index in [0.717, 1.165) is 29.7 Å². The Balaban J connectivity index is 1.77. The van der Waals surface area contributed by atoms with Crippen LogP contribution >= 0.6 is 0 Å². The van der Waals surface area contributed by atoms with Crippen LogP contribution in [0.5, 0.6) is 17.2 Å². The zero-order valence-electron chi connectivity index (χ0n) is 15.1. The van der Waals surface area contributed by atoms with Crippen LogP contribution in [0.1, 0.15) is 56.8 Å². The predicted molar refractivity (Wildman–Crippen MR) is 98.0 cm³/mol. The molecule has 0 bridgehead atoms. The lowest BCUT2D eigenvalue weighted by molar-refractivity contribution is 0.0994. The molecule has 3 nitrogen and oxygen atoms in total. The maximum absolute atomic E-state index is 9.96. The van der Waals surface area contributed by atoms with Crippen molar-refractivity contribution >= 4 is 0 Å². The maximum atomic E-state index is 9.96. The Morgan fingerprint density at radius 3 is 2.28 bits per heavy atom. The van der Waals surface area contributed by atoms with Crippen LogP contribution in [-0.2, 0) is 0 Å². The predicted octanol–water partition coefficient (Wildman–Crippen LogP) is 5.39. The lowest BCUT2D eigenvalue weighted by Crippen LogP contribution is -2.26. The van der Waals surface area contributed by atoms with Crippen LogP contribution in [0.2, 0.25) is 0 Å². The fraction of sp³-hybridized carbons (Fsp3) is 0.455. The smallest absolute Gasteiger partial charge is 0.127 e. The number of aromatic hydroxyl groups is 2. The first-order chi connectivity index (χ1) is 11.8. The van der Waals surface area contributed by atoms with Gasteiger partial charge in [0.2, 0.25) is 0 Å². The van der Waals surface area contributed by atoms with Gasteiger partial charge in [-0.1, -0.05) is 32.9 Å². The maximum Gasteiger partial charge on any atom is 0.127 e. The molecule has 2 aliphatic rings. The summed E-state index contributed by atoms with van der Waals surface area (Å²) >= 11 is 0. The molecule has 2 N–H and O–H groups in total. The molecule has 132 valence electrons. The van der Waals surface area contributed by atoms with Gasteiger partial charge < -0.3 is 14.9 Å². The summed E-state index contributed by atoms with van der Waals surface area (Å²) in [5.74, 6) is 2.89. The van der Waals surface area contributed by atoms with Crippen LogP contribution < -0.4 is 4.74 Å². The van der Waals surface area contributed by atoms with Crippen molar-refractivity contribution < 1.29 is 14.9 Å². The van der Waals surface area contributed by atoms with E-state index in [-0.39, 0.29) is 17.3 Å². The fourth-order valence-electron chi connectivity index (χ4n) is 4.61. The van der Waals surface area contributed by atoms with Gasteiger partial charge in [-0.15, -0.1) is 0 Å². The molecule has 0 radical (unpaired) electrons. The quantitative estimate of drug-likeness (QED) is 0.733. The molecule has 0 saturated heterocycles. The van der Waals surface area contributed by atoms with Gasteiger partial charge in [-0.2, -0.15) is 0 Å². The average molecular weight is 338 g/mol. The van der Waals surface area contributed by atoms with E-state index in [1.54, 1.807) is 18.2 Å². The Morgan fingerprint density at radius 2 is 1.60 bits per heavy atom. The summed E-state index contributed by atoms with van der Waals surface area (Å²) in [6.45, 7) is 6.94. The van der Waals surface area contributed by atoms with Crippen LogP contribution in [0.4, 0.5) is 0 Å². The van der Waals surface area contributed by atoms with Crippen molar-refractivity contribution in [3.8, 4) is 17.2 Å². The second kappa shape index (κ2) is 5.69. The number of benzene rings is 2. The molecule has 1 saturated carbocycles. The molecule has 0 spiro atoms. The van der Waals surface area contributed by atoms with Crippen LogP contribution in [-0.4, -0.2) is 10.2 Å². The molecule has 4 rings (SSSR count). The van der Waals surface area contributed by atoms with Gasteiger partial charge in [-0.3, -0.25) is 0 Å². The van der Waals surface area contributed by atoms with Gasteiger partial charge in [0.05, 0.1) is 0 Å². The number of phenolic OH excluding ortho intramolecular Hbond substituents is 2. The number of ether oxygens (including phenoxy) is 1. The van der Waals surface area contributed by atoms with E-state index in [4.69, 9.17) is 4.74 Å². The fourth-order valence-corrected chi connectivity index (χ4v) is 4.61. The Labute approximate surface area is 149 Å². The van der Waals surface area contributed by atoms with E-state index >= 15 is 0 Å². The molecule has 2 aromatic carbocycles. The van der Waals surface area contributed by atoms with Gasteiger partial charge in [0.15, 0.2) is 0 Å². The van der Waals surface area contributed by atoms with E-state index in [0.29, 0.717) is 23.5 Å². The number of fused-ring (bicyclic) bond motifs is 3. The number of hydrogen-bond acceptors (Lipinski definition) is 3. The highest BCUT2D eigenvalue weighted by molar-refractivity contribution is 5.46. The minimum absolute atomic E-state index is 0.00464. The topological polar surface area (TPSA) is 49.7 Å².